The van der Waals surface area contributed by atoms with Crippen molar-refractivity contribution < 1.29 is 13.2 Å². The van der Waals surface area contributed by atoms with Crippen molar-refractivity contribution in [3.05, 3.63) is 24.3 Å². The zero-order valence-corrected chi connectivity index (χ0v) is 10.6. The van der Waals surface area contributed by atoms with E-state index in [-0.39, 0.29) is 23.3 Å². The van der Waals surface area contributed by atoms with Gasteiger partial charge in [-0.1, -0.05) is 6.92 Å². The van der Waals surface area contributed by atoms with Gasteiger partial charge in [-0.25, -0.2) is 8.42 Å². The first-order valence-corrected chi connectivity index (χ1v) is 7.05. The fourth-order valence-corrected chi connectivity index (χ4v) is 1.79. The largest absolute Gasteiger partial charge is 0.330 e. The third-order valence-electron chi connectivity index (χ3n) is 2.35. The highest BCUT2D eigenvalue weighted by Gasteiger charge is 2.11. The smallest absolute Gasteiger partial charge is 0.228 e. The van der Waals surface area contributed by atoms with E-state index in [1.54, 1.807) is 19.1 Å². The van der Waals surface area contributed by atoms with E-state index < -0.39 is 9.84 Å². The van der Waals surface area contributed by atoms with Crippen LogP contribution in [0.15, 0.2) is 29.2 Å². The molecule has 0 aliphatic heterocycles. The number of rotatable bonds is 4. The molecule has 3 N–H and O–H groups in total. The first kappa shape index (κ1) is 13.7. The van der Waals surface area contributed by atoms with Gasteiger partial charge in [0.05, 0.1) is 4.90 Å². The van der Waals surface area contributed by atoms with Crippen LogP contribution in [0.5, 0.6) is 0 Å². The Morgan fingerprint density at radius 1 is 1.35 bits per heavy atom. The number of hydrogen-bond acceptors (Lipinski definition) is 4. The molecule has 1 amide bonds. The van der Waals surface area contributed by atoms with Crippen molar-refractivity contribution in [3.8, 4) is 0 Å². The average Bonchev–Trinajstić information content (AvgIpc) is 2.27. The van der Waals surface area contributed by atoms with Gasteiger partial charge in [0.2, 0.25) is 5.91 Å². The summed E-state index contributed by atoms with van der Waals surface area (Å²) in [6.45, 7) is 1.99. The van der Waals surface area contributed by atoms with E-state index in [2.05, 4.69) is 5.32 Å². The molecule has 0 fully saturated rings. The van der Waals surface area contributed by atoms with Crippen LogP contribution in [0.4, 0.5) is 5.69 Å². The number of carbonyl (C=O) groups excluding carboxylic acids is 1. The van der Waals surface area contributed by atoms with Crippen LogP contribution in [0.25, 0.3) is 0 Å². The molecule has 0 aromatic heterocycles. The van der Waals surface area contributed by atoms with Gasteiger partial charge >= 0.3 is 0 Å². The Morgan fingerprint density at radius 2 is 1.88 bits per heavy atom. The van der Waals surface area contributed by atoms with Gasteiger partial charge in [0.1, 0.15) is 0 Å². The van der Waals surface area contributed by atoms with Crippen LogP contribution in [-0.2, 0) is 14.6 Å². The van der Waals surface area contributed by atoms with Crippen LogP contribution < -0.4 is 11.1 Å². The predicted octanol–water partition coefficient (Wildman–Crippen LogP) is 0.623. The van der Waals surface area contributed by atoms with E-state index in [0.29, 0.717) is 5.69 Å². The lowest BCUT2D eigenvalue weighted by Crippen LogP contribution is -2.26. The number of amides is 1. The zero-order chi connectivity index (χ0) is 13.1. The molecule has 0 aliphatic rings. The van der Waals surface area contributed by atoms with E-state index in [1.807, 2.05) is 0 Å². The molecule has 17 heavy (non-hydrogen) atoms. The molecule has 1 rings (SSSR count). The summed E-state index contributed by atoms with van der Waals surface area (Å²) >= 11 is 0. The molecule has 0 saturated heterocycles. The minimum absolute atomic E-state index is 0.181. The lowest BCUT2D eigenvalue weighted by atomic mass is 10.1. The number of sulfone groups is 1. The lowest BCUT2D eigenvalue weighted by molar-refractivity contribution is -0.119. The van der Waals surface area contributed by atoms with Gasteiger partial charge in [0, 0.05) is 24.4 Å². The van der Waals surface area contributed by atoms with Crippen LogP contribution in [0.3, 0.4) is 0 Å². The molecule has 0 heterocycles. The number of nitrogens with two attached hydrogens (primary N) is 1. The van der Waals surface area contributed by atoms with Crippen molar-refractivity contribution in [2.75, 3.05) is 18.1 Å². The molecule has 1 unspecified atom stereocenters. The molecular weight excluding hydrogens is 240 g/mol. The summed E-state index contributed by atoms with van der Waals surface area (Å²) in [5.41, 5.74) is 5.93. The minimum atomic E-state index is -3.20. The standard InChI is InChI=1S/C11H16N2O3S/c1-8(7-12)11(14)13-9-3-5-10(6-4-9)17(2,15)16/h3-6,8H,7,12H2,1-2H3,(H,13,14). The van der Waals surface area contributed by atoms with E-state index in [4.69, 9.17) is 5.73 Å². The highest BCUT2D eigenvalue weighted by Crippen LogP contribution is 2.14. The van der Waals surface area contributed by atoms with Crippen molar-refractivity contribution >= 4 is 21.4 Å². The lowest BCUT2D eigenvalue weighted by Gasteiger charge is -2.10. The maximum Gasteiger partial charge on any atom is 0.228 e. The molecule has 0 radical (unpaired) electrons. The molecular formula is C11H16N2O3S. The Hall–Kier alpha value is -1.40. The number of nitrogens with one attached hydrogen (secondary N) is 1. The second-order valence-electron chi connectivity index (χ2n) is 3.92. The summed E-state index contributed by atoms with van der Waals surface area (Å²) in [7, 11) is -3.20. The molecule has 1 aromatic rings. The van der Waals surface area contributed by atoms with Crippen molar-refractivity contribution in [1.29, 1.82) is 0 Å². The first-order chi connectivity index (χ1) is 7.84. The number of anilines is 1. The van der Waals surface area contributed by atoms with Crippen molar-refractivity contribution in [1.82, 2.24) is 0 Å². The van der Waals surface area contributed by atoms with Crippen LogP contribution in [0, 0.1) is 5.92 Å². The van der Waals surface area contributed by atoms with Crippen molar-refractivity contribution in [2.45, 2.75) is 11.8 Å². The van der Waals surface area contributed by atoms with Gasteiger partial charge in [0.25, 0.3) is 0 Å². The second-order valence-corrected chi connectivity index (χ2v) is 5.94. The second kappa shape index (κ2) is 5.29. The third kappa shape index (κ3) is 3.83. The van der Waals surface area contributed by atoms with Gasteiger partial charge in [-0.3, -0.25) is 4.79 Å². The monoisotopic (exact) mass is 256 g/mol. The predicted molar refractivity (Wildman–Crippen MR) is 66.4 cm³/mol. The molecule has 0 aliphatic carbocycles. The number of carbonyl (C=O) groups is 1. The Bertz CT molecular complexity index is 494. The van der Waals surface area contributed by atoms with E-state index >= 15 is 0 Å². The molecule has 6 heteroatoms. The molecule has 94 valence electrons. The van der Waals surface area contributed by atoms with E-state index in [9.17, 15) is 13.2 Å². The molecule has 5 nitrogen and oxygen atoms in total. The normalized spacial score (nSPS) is 13.1. The molecule has 0 spiro atoms. The van der Waals surface area contributed by atoms with E-state index in [0.717, 1.165) is 6.26 Å². The summed E-state index contributed by atoms with van der Waals surface area (Å²) in [6, 6.07) is 6.02. The summed E-state index contributed by atoms with van der Waals surface area (Å²) in [4.78, 5) is 11.7. The van der Waals surface area contributed by atoms with Gasteiger partial charge in [-0.15, -0.1) is 0 Å². The SMILES string of the molecule is CC(CN)C(=O)Nc1ccc(S(C)(=O)=O)cc1. The summed E-state index contributed by atoms with van der Waals surface area (Å²) in [5, 5.41) is 2.66. The highest BCUT2D eigenvalue weighted by molar-refractivity contribution is 7.90. The van der Waals surface area contributed by atoms with E-state index in [1.165, 1.54) is 12.1 Å². The van der Waals surface area contributed by atoms with Crippen molar-refractivity contribution in [2.24, 2.45) is 11.7 Å². The minimum Gasteiger partial charge on any atom is -0.330 e. The first-order valence-electron chi connectivity index (χ1n) is 5.15. The van der Waals surface area contributed by atoms with Gasteiger partial charge in [-0.2, -0.15) is 0 Å². The van der Waals surface area contributed by atoms with Crippen LogP contribution in [0.2, 0.25) is 0 Å². The Kier molecular flexibility index (Phi) is 4.25. The van der Waals surface area contributed by atoms with Crippen molar-refractivity contribution in [3.63, 3.8) is 0 Å². The Morgan fingerprint density at radius 3 is 2.29 bits per heavy atom. The highest BCUT2D eigenvalue weighted by atomic mass is 32.2. The Labute approximate surface area is 101 Å². The fourth-order valence-electron chi connectivity index (χ4n) is 1.16. The average molecular weight is 256 g/mol. The van der Waals surface area contributed by atoms with Gasteiger partial charge < -0.3 is 11.1 Å². The summed E-state index contributed by atoms with van der Waals surface area (Å²) < 4.78 is 22.4. The maximum atomic E-state index is 11.5. The molecule has 0 bridgehead atoms. The van der Waals surface area contributed by atoms with Gasteiger partial charge in [0.15, 0.2) is 9.84 Å². The van der Waals surface area contributed by atoms with Crippen LogP contribution in [-0.4, -0.2) is 27.1 Å². The molecule has 1 aromatic carbocycles. The maximum absolute atomic E-state index is 11.5. The zero-order valence-electron chi connectivity index (χ0n) is 9.80. The molecule has 0 saturated carbocycles. The topological polar surface area (TPSA) is 89.3 Å². The quantitative estimate of drug-likeness (QED) is 0.826. The summed E-state index contributed by atoms with van der Waals surface area (Å²) in [6.07, 6.45) is 1.14. The van der Waals surface area contributed by atoms with Crippen LogP contribution in [0.1, 0.15) is 6.92 Å². The number of hydrogen-bond donors (Lipinski definition) is 2. The fraction of sp³-hybridized carbons (Fsp3) is 0.364. The molecule has 1 atom stereocenters. The summed E-state index contributed by atoms with van der Waals surface area (Å²) in [5.74, 6) is -0.454. The third-order valence-corrected chi connectivity index (χ3v) is 3.48. The Balaban J connectivity index is 2.79. The van der Waals surface area contributed by atoms with Crippen LogP contribution >= 0.6 is 0 Å². The van der Waals surface area contributed by atoms with Gasteiger partial charge in [-0.05, 0) is 24.3 Å². The number of benzene rings is 1.